The highest BCUT2D eigenvalue weighted by Crippen LogP contribution is 2.43. The zero-order valence-electron chi connectivity index (χ0n) is 22.2. The van der Waals surface area contributed by atoms with Gasteiger partial charge in [-0.25, -0.2) is 0 Å². The Morgan fingerprint density at radius 2 is 1.57 bits per heavy atom. The first kappa shape index (κ1) is 25.3. The number of para-hydroxylation sites is 1. The first-order chi connectivity index (χ1) is 18.1. The Kier molecular flexibility index (Phi) is 7.76. The number of carbonyl (C=O) groups is 1. The minimum Gasteiger partial charge on any atom is -0.482 e. The predicted molar refractivity (Wildman–Crippen MR) is 151 cm³/mol. The summed E-state index contributed by atoms with van der Waals surface area (Å²) < 4.78 is 6.69. The van der Waals surface area contributed by atoms with E-state index in [2.05, 4.69) is 77.7 Å². The maximum atomic E-state index is 12.8. The Hall–Kier alpha value is -3.37. The largest absolute Gasteiger partial charge is 0.482 e. The molecule has 3 aromatic carbocycles. The molecule has 1 spiro atoms. The third-order valence-electron chi connectivity index (χ3n) is 7.88. The van der Waals surface area contributed by atoms with E-state index in [-0.39, 0.29) is 11.5 Å². The lowest BCUT2D eigenvalue weighted by atomic mass is 9.82. The van der Waals surface area contributed by atoms with E-state index in [0.717, 1.165) is 74.4 Å². The van der Waals surface area contributed by atoms with Crippen LogP contribution >= 0.6 is 0 Å². The van der Waals surface area contributed by atoms with E-state index in [4.69, 9.17) is 4.74 Å². The zero-order chi connectivity index (χ0) is 25.7. The highest BCUT2D eigenvalue weighted by atomic mass is 16.5. The molecule has 0 unspecified atom stereocenters. The second-order valence-corrected chi connectivity index (χ2v) is 10.2. The van der Waals surface area contributed by atoms with Gasteiger partial charge in [-0.3, -0.25) is 4.79 Å². The number of hydrogen-bond donors (Lipinski definition) is 0. The van der Waals surface area contributed by atoms with Crippen molar-refractivity contribution in [1.82, 2.24) is 9.80 Å². The van der Waals surface area contributed by atoms with Crippen LogP contribution in [0.25, 0.3) is 5.57 Å². The number of fused-ring (bicyclic) bond motifs is 1. The van der Waals surface area contributed by atoms with E-state index < -0.39 is 0 Å². The molecular formula is C33H38N2O2. The van der Waals surface area contributed by atoms with Crippen molar-refractivity contribution in [2.75, 3.05) is 32.7 Å². The van der Waals surface area contributed by atoms with Gasteiger partial charge < -0.3 is 14.5 Å². The Labute approximate surface area is 221 Å². The van der Waals surface area contributed by atoms with Crippen LogP contribution in [0.3, 0.4) is 0 Å². The highest BCUT2D eigenvalue weighted by Gasteiger charge is 2.38. The molecule has 0 aromatic heterocycles. The monoisotopic (exact) mass is 494 g/mol. The highest BCUT2D eigenvalue weighted by molar-refractivity contribution is 5.95. The SMILES string of the molecule is CCN(CC)C(=O)c1ccc(C2=CC3(CCN(CCCc4ccccc4)CC3)Oc3ccccc32)cc1. The summed E-state index contributed by atoms with van der Waals surface area (Å²) in [5, 5.41) is 0. The van der Waals surface area contributed by atoms with Gasteiger partial charge in [0, 0.05) is 50.1 Å². The molecule has 1 saturated heterocycles. The quantitative estimate of drug-likeness (QED) is 0.360. The summed E-state index contributed by atoms with van der Waals surface area (Å²) in [4.78, 5) is 17.3. The molecule has 3 aromatic rings. The lowest BCUT2D eigenvalue weighted by Crippen LogP contribution is -2.48. The van der Waals surface area contributed by atoms with Crippen LogP contribution in [0.15, 0.2) is 84.9 Å². The number of aryl methyl sites for hydroxylation is 1. The molecule has 37 heavy (non-hydrogen) atoms. The summed E-state index contributed by atoms with van der Waals surface area (Å²) >= 11 is 0. The molecule has 2 aliphatic heterocycles. The number of rotatable bonds is 8. The van der Waals surface area contributed by atoms with Crippen molar-refractivity contribution in [2.24, 2.45) is 0 Å². The molecule has 0 saturated carbocycles. The summed E-state index contributed by atoms with van der Waals surface area (Å²) in [5.41, 5.74) is 5.35. The number of nitrogens with zero attached hydrogens (tertiary/aromatic N) is 2. The smallest absolute Gasteiger partial charge is 0.253 e. The first-order valence-corrected chi connectivity index (χ1v) is 13.8. The molecular weight excluding hydrogens is 456 g/mol. The van der Waals surface area contributed by atoms with Crippen molar-refractivity contribution in [3.8, 4) is 5.75 Å². The standard InChI is InChI=1S/C33H38N2O2/c1-3-35(4-2)32(36)28-18-16-27(17-19-28)30-25-33(37-31-15-9-8-14-29(30)31)20-23-34(24-21-33)22-10-13-26-11-6-5-7-12-26/h5-9,11-12,14-19,25H,3-4,10,13,20-24H2,1-2H3. The third-order valence-corrected chi connectivity index (χ3v) is 7.88. The van der Waals surface area contributed by atoms with Gasteiger partial charge in [0.25, 0.3) is 5.91 Å². The van der Waals surface area contributed by atoms with Crippen LogP contribution in [0.2, 0.25) is 0 Å². The molecule has 192 valence electrons. The molecule has 0 N–H and O–H groups in total. The molecule has 0 aliphatic carbocycles. The van der Waals surface area contributed by atoms with Gasteiger partial charge in [-0.2, -0.15) is 0 Å². The molecule has 4 nitrogen and oxygen atoms in total. The molecule has 0 radical (unpaired) electrons. The number of piperidine rings is 1. The van der Waals surface area contributed by atoms with Crippen molar-refractivity contribution in [3.05, 3.63) is 107 Å². The average Bonchev–Trinajstić information content (AvgIpc) is 2.95. The van der Waals surface area contributed by atoms with Gasteiger partial charge >= 0.3 is 0 Å². The first-order valence-electron chi connectivity index (χ1n) is 13.8. The fourth-order valence-electron chi connectivity index (χ4n) is 5.64. The predicted octanol–water partition coefficient (Wildman–Crippen LogP) is 6.46. The van der Waals surface area contributed by atoms with Crippen LogP contribution in [0, 0.1) is 0 Å². The summed E-state index contributed by atoms with van der Waals surface area (Å²) in [6.45, 7) is 8.69. The Morgan fingerprint density at radius 1 is 0.892 bits per heavy atom. The van der Waals surface area contributed by atoms with Gasteiger partial charge in [0.1, 0.15) is 11.4 Å². The second-order valence-electron chi connectivity index (χ2n) is 10.2. The molecule has 5 rings (SSSR count). The molecule has 0 bridgehead atoms. The average molecular weight is 495 g/mol. The van der Waals surface area contributed by atoms with E-state index in [1.807, 2.05) is 30.9 Å². The number of ether oxygens (including phenoxy) is 1. The van der Waals surface area contributed by atoms with Gasteiger partial charge in [0.05, 0.1) is 0 Å². The maximum Gasteiger partial charge on any atom is 0.253 e. The Bertz CT molecular complexity index is 1220. The van der Waals surface area contributed by atoms with E-state index in [1.54, 1.807) is 0 Å². The molecule has 1 fully saturated rings. The van der Waals surface area contributed by atoms with E-state index in [9.17, 15) is 4.79 Å². The van der Waals surface area contributed by atoms with Gasteiger partial charge in [0.2, 0.25) is 0 Å². The summed E-state index contributed by atoms with van der Waals surface area (Å²) in [5.74, 6) is 1.05. The maximum absolute atomic E-state index is 12.8. The molecule has 2 heterocycles. The zero-order valence-corrected chi connectivity index (χ0v) is 22.2. The summed E-state index contributed by atoms with van der Waals surface area (Å²) in [6.07, 6.45) is 6.63. The molecule has 4 heteroatoms. The summed E-state index contributed by atoms with van der Waals surface area (Å²) in [7, 11) is 0. The van der Waals surface area contributed by atoms with E-state index in [1.165, 1.54) is 17.6 Å². The number of likely N-dealkylation sites (tertiary alicyclic amines) is 1. The number of hydrogen-bond acceptors (Lipinski definition) is 3. The third kappa shape index (κ3) is 5.65. The van der Waals surface area contributed by atoms with Crippen LogP contribution in [0.4, 0.5) is 0 Å². The van der Waals surface area contributed by atoms with Crippen molar-refractivity contribution in [1.29, 1.82) is 0 Å². The molecule has 1 amide bonds. The number of benzene rings is 3. The van der Waals surface area contributed by atoms with Crippen LogP contribution in [0.1, 0.15) is 60.2 Å². The normalized spacial score (nSPS) is 16.5. The van der Waals surface area contributed by atoms with Crippen molar-refractivity contribution in [3.63, 3.8) is 0 Å². The minimum atomic E-state index is -0.282. The summed E-state index contributed by atoms with van der Waals surface area (Å²) in [6, 6.07) is 27.3. The van der Waals surface area contributed by atoms with Crippen molar-refractivity contribution in [2.45, 2.75) is 45.1 Å². The van der Waals surface area contributed by atoms with E-state index >= 15 is 0 Å². The van der Waals surface area contributed by atoms with Crippen molar-refractivity contribution >= 4 is 11.5 Å². The second kappa shape index (κ2) is 11.4. The Morgan fingerprint density at radius 3 is 2.27 bits per heavy atom. The van der Waals surface area contributed by atoms with Gasteiger partial charge in [0.15, 0.2) is 0 Å². The number of amides is 1. The van der Waals surface area contributed by atoms with Crippen LogP contribution in [-0.4, -0.2) is 54.0 Å². The van der Waals surface area contributed by atoms with Crippen LogP contribution in [-0.2, 0) is 6.42 Å². The molecule has 2 aliphatic rings. The topological polar surface area (TPSA) is 32.8 Å². The van der Waals surface area contributed by atoms with Crippen LogP contribution in [0.5, 0.6) is 5.75 Å². The molecule has 0 atom stereocenters. The minimum absolute atomic E-state index is 0.0917. The number of carbonyl (C=O) groups excluding carboxylic acids is 1. The fourth-order valence-corrected chi connectivity index (χ4v) is 5.64. The van der Waals surface area contributed by atoms with Crippen LogP contribution < -0.4 is 4.74 Å². The van der Waals surface area contributed by atoms with Gasteiger partial charge in [-0.1, -0.05) is 60.7 Å². The lowest BCUT2D eigenvalue weighted by molar-refractivity contribution is 0.0380. The van der Waals surface area contributed by atoms with Gasteiger partial charge in [-0.05, 0) is 74.2 Å². The van der Waals surface area contributed by atoms with Gasteiger partial charge in [-0.15, -0.1) is 0 Å². The van der Waals surface area contributed by atoms with E-state index in [0.29, 0.717) is 0 Å². The fraction of sp³-hybridized carbons (Fsp3) is 0.364. The van der Waals surface area contributed by atoms with Crippen molar-refractivity contribution < 1.29 is 9.53 Å². The lowest BCUT2D eigenvalue weighted by Gasteiger charge is -2.43. The Balaban J connectivity index is 1.31.